The molecule has 0 saturated heterocycles. The molecule has 0 fully saturated rings. The van der Waals surface area contributed by atoms with E-state index < -0.39 is 32.2 Å². The second kappa shape index (κ2) is 6.69. The van der Waals surface area contributed by atoms with Crippen LogP contribution in [0.2, 0.25) is 0 Å². The summed E-state index contributed by atoms with van der Waals surface area (Å²) in [6.45, 7) is 0. The Labute approximate surface area is 166 Å². The number of nitrogens with zero attached hydrogens (tertiary/aromatic N) is 3. The first kappa shape index (κ1) is 19.6. The lowest BCUT2D eigenvalue weighted by molar-refractivity contribution is -0.139. The lowest BCUT2D eigenvalue weighted by Gasteiger charge is -2.19. The van der Waals surface area contributed by atoms with Gasteiger partial charge in [0.05, 0.1) is 11.3 Å². The van der Waals surface area contributed by atoms with Crippen molar-refractivity contribution in [1.29, 1.82) is 0 Å². The second-order valence-corrected chi connectivity index (χ2v) is 8.70. The van der Waals surface area contributed by atoms with Gasteiger partial charge in [-0.05, 0) is 28.1 Å². The molecule has 4 rings (SSSR count). The average Bonchev–Trinajstić information content (AvgIpc) is 3.27. The number of anilines is 1. The molecule has 1 aliphatic heterocycles. The molecule has 1 aliphatic rings. The van der Waals surface area contributed by atoms with E-state index in [1.165, 1.54) is 11.8 Å². The van der Waals surface area contributed by atoms with E-state index in [9.17, 15) is 21.6 Å². The van der Waals surface area contributed by atoms with Crippen LogP contribution >= 0.6 is 11.8 Å². The molecule has 0 saturated carbocycles. The Morgan fingerprint density at radius 2 is 1.90 bits per heavy atom. The van der Waals surface area contributed by atoms with E-state index in [1.807, 2.05) is 0 Å². The first-order valence-electron chi connectivity index (χ1n) is 7.90. The number of alkyl halides is 3. The fourth-order valence-electron chi connectivity index (χ4n) is 3.14. The lowest BCUT2D eigenvalue weighted by atomic mass is 9.95. The van der Waals surface area contributed by atoms with Crippen LogP contribution in [0.4, 0.5) is 18.9 Å². The summed E-state index contributed by atoms with van der Waals surface area (Å²) in [7, 11) is -4.81. The van der Waals surface area contributed by atoms with Gasteiger partial charge in [0.25, 0.3) is 0 Å². The van der Waals surface area contributed by atoms with E-state index in [4.69, 9.17) is 10.9 Å². The summed E-state index contributed by atoms with van der Waals surface area (Å²) in [6.07, 6.45) is -4.97. The molecule has 14 heteroatoms. The molecule has 1 unspecified atom stereocenters. The van der Waals surface area contributed by atoms with Crippen LogP contribution < -0.4 is 16.2 Å². The summed E-state index contributed by atoms with van der Waals surface area (Å²) < 4.78 is 65.3. The number of aromatic amines is 1. The Morgan fingerprint density at radius 1 is 1.14 bits per heavy atom. The molecule has 152 valence electrons. The quantitative estimate of drug-likeness (QED) is 0.479. The summed E-state index contributed by atoms with van der Waals surface area (Å²) in [5.41, 5.74) is 4.75. The van der Waals surface area contributed by atoms with Gasteiger partial charge in [0.2, 0.25) is 10.0 Å². The van der Waals surface area contributed by atoms with Gasteiger partial charge in [0, 0.05) is 16.0 Å². The largest absolute Gasteiger partial charge is 0.417 e. The SMILES string of the molecule is NC1Nc2c(cccc2-c2ccc(C(F)(F)F)c(S(N)(=O)=O)c2-c2nnn[nH]2)S1. The number of thioether (sulfide) groups is 1. The maximum absolute atomic E-state index is 13.6. The van der Waals surface area contributed by atoms with Crippen molar-refractivity contribution in [3.05, 3.63) is 35.9 Å². The zero-order valence-corrected chi connectivity index (χ0v) is 15.9. The van der Waals surface area contributed by atoms with Crippen LogP contribution in [0.3, 0.4) is 0 Å². The number of sulfonamides is 1. The first-order chi connectivity index (χ1) is 13.6. The maximum Gasteiger partial charge on any atom is 0.417 e. The number of nitrogens with two attached hydrogens (primary N) is 2. The Balaban J connectivity index is 2.12. The van der Waals surface area contributed by atoms with E-state index in [0.29, 0.717) is 17.3 Å². The Kier molecular flexibility index (Phi) is 4.53. The summed E-state index contributed by atoms with van der Waals surface area (Å²) in [5, 5.41) is 20.9. The highest BCUT2D eigenvalue weighted by molar-refractivity contribution is 8.00. The normalized spacial score (nSPS) is 16.5. The number of benzene rings is 2. The van der Waals surface area contributed by atoms with Gasteiger partial charge in [-0.1, -0.05) is 30.0 Å². The summed E-state index contributed by atoms with van der Waals surface area (Å²) in [4.78, 5) is -0.359. The molecule has 9 nitrogen and oxygen atoms in total. The van der Waals surface area contributed by atoms with Crippen LogP contribution in [-0.4, -0.2) is 34.5 Å². The molecule has 0 bridgehead atoms. The molecule has 0 aliphatic carbocycles. The third-order valence-electron chi connectivity index (χ3n) is 4.19. The van der Waals surface area contributed by atoms with Crippen molar-refractivity contribution in [1.82, 2.24) is 20.6 Å². The number of hydrogen-bond donors (Lipinski definition) is 4. The van der Waals surface area contributed by atoms with Crippen molar-refractivity contribution >= 4 is 27.5 Å². The molecule has 2 aromatic carbocycles. The maximum atomic E-state index is 13.6. The average molecular weight is 443 g/mol. The molecule has 1 atom stereocenters. The van der Waals surface area contributed by atoms with Gasteiger partial charge in [-0.2, -0.15) is 13.2 Å². The number of para-hydroxylation sites is 1. The number of hydrogen-bond acceptors (Lipinski definition) is 8. The monoisotopic (exact) mass is 443 g/mol. The van der Waals surface area contributed by atoms with Gasteiger partial charge >= 0.3 is 6.18 Å². The minimum absolute atomic E-state index is 0.139. The van der Waals surface area contributed by atoms with Crippen molar-refractivity contribution < 1.29 is 21.6 Å². The number of primary sulfonamides is 1. The zero-order valence-electron chi connectivity index (χ0n) is 14.2. The second-order valence-electron chi connectivity index (χ2n) is 6.02. The van der Waals surface area contributed by atoms with Crippen molar-refractivity contribution in [2.75, 3.05) is 5.32 Å². The van der Waals surface area contributed by atoms with Gasteiger partial charge < -0.3 is 11.1 Å². The van der Waals surface area contributed by atoms with E-state index in [0.717, 1.165) is 11.0 Å². The molecule has 0 radical (unpaired) electrons. The van der Waals surface area contributed by atoms with E-state index in [-0.39, 0.29) is 17.0 Å². The topological polar surface area (TPSA) is 153 Å². The number of aromatic nitrogens is 4. The molecule has 6 N–H and O–H groups in total. The van der Waals surface area contributed by atoms with Crippen LogP contribution in [0, 0.1) is 0 Å². The third-order valence-corrected chi connectivity index (χ3v) is 6.15. The number of halogens is 3. The van der Waals surface area contributed by atoms with Crippen LogP contribution in [0.5, 0.6) is 0 Å². The van der Waals surface area contributed by atoms with Crippen molar-refractivity contribution in [3.63, 3.8) is 0 Å². The van der Waals surface area contributed by atoms with Crippen molar-refractivity contribution in [2.45, 2.75) is 21.5 Å². The number of tetrazole rings is 1. The van der Waals surface area contributed by atoms with Crippen LogP contribution in [0.1, 0.15) is 5.56 Å². The molecular formula is C15H12F3N7O2S2. The van der Waals surface area contributed by atoms with E-state index in [1.54, 1.807) is 18.2 Å². The van der Waals surface area contributed by atoms with Crippen LogP contribution in [0.25, 0.3) is 22.5 Å². The minimum Gasteiger partial charge on any atom is -0.360 e. The smallest absolute Gasteiger partial charge is 0.360 e. The molecule has 1 aromatic heterocycles. The molecular weight excluding hydrogens is 431 g/mol. The Bertz CT molecular complexity index is 1200. The fraction of sp³-hybridized carbons (Fsp3) is 0.133. The van der Waals surface area contributed by atoms with Gasteiger partial charge in [0.15, 0.2) is 5.82 Å². The van der Waals surface area contributed by atoms with Crippen molar-refractivity contribution in [3.8, 4) is 22.5 Å². The fourth-order valence-corrected chi connectivity index (χ4v) is 5.01. The minimum atomic E-state index is -4.97. The van der Waals surface area contributed by atoms with Crippen molar-refractivity contribution in [2.24, 2.45) is 10.9 Å². The highest BCUT2D eigenvalue weighted by atomic mass is 32.2. The van der Waals surface area contributed by atoms with Crippen LogP contribution in [0.15, 0.2) is 40.1 Å². The molecule has 2 heterocycles. The first-order valence-corrected chi connectivity index (χ1v) is 10.3. The van der Waals surface area contributed by atoms with Gasteiger partial charge in [-0.25, -0.2) is 18.7 Å². The zero-order chi connectivity index (χ0) is 21.0. The standard InChI is InChI=1S/C15H12F3N7O2S2/c16-15(17,18)8-5-4-6(7-2-1-3-9-11(7)21-14(19)28-9)10(12(8)29(20,26)27)13-22-24-25-23-13/h1-5,14,21H,19H2,(H2,20,26,27)(H,22,23,24,25). The van der Waals surface area contributed by atoms with Gasteiger partial charge in [0.1, 0.15) is 10.4 Å². The summed E-state index contributed by atoms with van der Waals surface area (Å²) >= 11 is 1.32. The predicted octanol–water partition coefficient (Wildman–Crippen LogP) is 1.96. The summed E-state index contributed by atoms with van der Waals surface area (Å²) in [6, 6.07) is 6.90. The highest BCUT2D eigenvalue weighted by Gasteiger charge is 2.40. The molecule has 0 spiro atoms. The Morgan fingerprint density at radius 3 is 2.52 bits per heavy atom. The summed E-state index contributed by atoms with van der Waals surface area (Å²) in [5.74, 6) is -0.275. The molecule has 29 heavy (non-hydrogen) atoms. The van der Waals surface area contributed by atoms with Crippen LogP contribution in [-0.2, 0) is 16.2 Å². The predicted molar refractivity (Wildman–Crippen MR) is 98.9 cm³/mol. The lowest BCUT2D eigenvalue weighted by Crippen LogP contribution is -2.22. The van der Waals surface area contributed by atoms with Gasteiger partial charge in [-0.15, -0.1) is 5.10 Å². The Hall–Kier alpha value is -2.68. The number of H-pyrrole nitrogens is 1. The number of rotatable bonds is 3. The van der Waals surface area contributed by atoms with Gasteiger partial charge in [-0.3, -0.25) is 0 Å². The van der Waals surface area contributed by atoms with E-state index >= 15 is 0 Å². The number of fused-ring (bicyclic) bond motifs is 1. The van der Waals surface area contributed by atoms with E-state index in [2.05, 4.69) is 25.9 Å². The molecule has 3 aromatic rings. The third kappa shape index (κ3) is 3.43. The highest BCUT2D eigenvalue weighted by Crippen LogP contribution is 2.48. The molecule has 0 amide bonds. The number of nitrogens with one attached hydrogen (secondary N) is 2.